The van der Waals surface area contributed by atoms with Crippen molar-refractivity contribution in [2.75, 3.05) is 46.6 Å². The first-order valence-electron chi connectivity index (χ1n) is 5.85. The smallest absolute Gasteiger partial charge is 0.221 e. The number of rotatable bonds is 11. The molecule has 0 spiro atoms. The fourth-order valence-electron chi connectivity index (χ4n) is 1.16. The lowest BCUT2D eigenvalue weighted by Gasteiger charge is -2.05. The van der Waals surface area contributed by atoms with E-state index in [0.717, 1.165) is 26.1 Å². The van der Waals surface area contributed by atoms with Crippen LogP contribution in [0.2, 0.25) is 0 Å². The number of nitrogens with one attached hydrogen (secondary N) is 2. The summed E-state index contributed by atoms with van der Waals surface area (Å²) in [5.74, 6) is 0.103. The van der Waals surface area contributed by atoms with Crippen molar-refractivity contribution in [3.05, 3.63) is 0 Å². The highest BCUT2D eigenvalue weighted by molar-refractivity contribution is 5.75. The Labute approximate surface area is 97.9 Å². The zero-order chi connectivity index (χ0) is 12.1. The van der Waals surface area contributed by atoms with Gasteiger partial charge >= 0.3 is 0 Å². The topological polar surface area (TPSA) is 59.6 Å². The largest absolute Gasteiger partial charge is 0.382 e. The molecule has 5 nitrogen and oxygen atoms in total. The Morgan fingerprint density at radius 1 is 1.19 bits per heavy atom. The normalized spacial score (nSPS) is 10.4. The highest BCUT2D eigenvalue weighted by Gasteiger charge is 1.97. The van der Waals surface area contributed by atoms with Crippen LogP contribution in [0.15, 0.2) is 0 Å². The Morgan fingerprint density at radius 3 is 2.69 bits per heavy atom. The van der Waals surface area contributed by atoms with Crippen LogP contribution in [0.3, 0.4) is 0 Å². The lowest BCUT2D eigenvalue weighted by atomic mass is 10.3. The maximum Gasteiger partial charge on any atom is 0.221 e. The number of methoxy groups -OCH3 is 1. The van der Waals surface area contributed by atoms with Crippen molar-refractivity contribution in [2.45, 2.75) is 19.8 Å². The van der Waals surface area contributed by atoms with E-state index in [-0.39, 0.29) is 5.91 Å². The van der Waals surface area contributed by atoms with E-state index in [1.807, 2.05) is 6.92 Å². The van der Waals surface area contributed by atoms with Crippen LogP contribution in [-0.4, -0.2) is 52.5 Å². The van der Waals surface area contributed by atoms with Gasteiger partial charge in [0.05, 0.1) is 13.2 Å². The van der Waals surface area contributed by atoms with E-state index in [1.165, 1.54) is 0 Å². The lowest BCUT2D eigenvalue weighted by Crippen LogP contribution is -2.28. The van der Waals surface area contributed by atoms with E-state index in [9.17, 15) is 4.79 Å². The van der Waals surface area contributed by atoms with E-state index >= 15 is 0 Å². The van der Waals surface area contributed by atoms with Gasteiger partial charge in [0.1, 0.15) is 0 Å². The molecule has 0 bridgehead atoms. The van der Waals surface area contributed by atoms with Gasteiger partial charge in [0.2, 0.25) is 5.91 Å². The average molecular weight is 232 g/mol. The first-order valence-corrected chi connectivity index (χ1v) is 5.85. The van der Waals surface area contributed by atoms with Crippen molar-refractivity contribution in [3.8, 4) is 0 Å². The van der Waals surface area contributed by atoms with Gasteiger partial charge in [0, 0.05) is 33.2 Å². The van der Waals surface area contributed by atoms with Crippen LogP contribution in [0.5, 0.6) is 0 Å². The Bertz CT molecular complexity index is 165. The van der Waals surface area contributed by atoms with E-state index in [2.05, 4.69) is 10.6 Å². The third kappa shape index (κ3) is 11.4. The summed E-state index contributed by atoms with van der Waals surface area (Å²) in [6.45, 7) is 6.25. The first-order chi connectivity index (χ1) is 7.81. The summed E-state index contributed by atoms with van der Waals surface area (Å²) in [5.41, 5.74) is 0. The molecule has 0 saturated carbocycles. The number of amides is 1. The van der Waals surface area contributed by atoms with Crippen molar-refractivity contribution in [3.63, 3.8) is 0 Å². The fraction of sp³-hybridized carbons (Fsp3) is 0.909. The third-order valence-electron chi connectivity index (χ3n) is 1.98. The number of ether oxygens (including phenoxy) is 2. The van der Waals surface area contributed by atoms with Gasteiger partial charge in [-0.05, 0) is 19.9 Å². The van der Waals surface area contributed by atoms with Crippen LogP contribution in [0, 0.1) is 0 Å². The monoisotopic (exact) mass is 232 g/mol. The molecule has 0 radical (unpaired) electrons. The van der Waals surface area contributed by atoms with Gasteiger partial charge in [-0.25, -0.2) is 0 Å². The summed E-state index contributed by atoms with van der Waals surface area (Å²) in [6.07, 6.45) is 1.50. The second-order valence-corrected chi connectivity index (χ2v) is 3.41. The minimum Gasteiger partial charge on any atom is -0.382 e. The van der Waals surface area contributed by atoms with Gasteiger partial charge in [-0.3, -0.25) is 4.79 Å². The average Bonchev–Trinajstić information content (AvgIpc) is 2.27. The quantitative estimate of drug-likeness (QED) is 0.498. The van der Waals surface area contributed by atoms with Gasteiger partial charge in [0.15, 0.2) is 0 Å². The van der Waals surface area contributed by atoms with E-state index in [1.54, 1.807) is 7.11 Å². The van der Waals surface area contributed by atoms with E-state index < -0.39 is 0 Å². The van der Waals surface area contributed by atoms with Crippen LogP contribution in [-0.2, 0) is 14.3 Å². The van der Waals surface area contributed by atoms with Gasteiger partial charge in [-0.2, -0.15) is 0 Å². The zero-order valence-corrected chi connectivity index (χ0v) is 10.4. The molecular formula is C11H24N2O3. The molecule has 0 unspecified atom stereocenters. The summed E-state index contributed by atoms with van der Waals surface area (Å²) < 4.78 is 10.1. The minimum absolute atomic E-state index is 0.103. The van der Waals surface area contributed by atoms with Crippen molar-refractivity contribution >= 4 is 5.91 Å². The van der Waals surface area contributed by atoms with Gasteiger partial charge < -0.3 is 20.1 Å². The van der Waals surface area contributed by atoms with Gasteiger partial charge in [-0.15, -0.1) is 0 Å². The summed E-state index contributed by atoms with van der Waals surface area (Å²) in [7, 11) is 1.66. The van der Waals surface area contributed by atoms with Crippen molar-refractivity contribution in [1.29, 1.82) is 0 Å². The number of hydrogen-bond donors (Lipinski definition) is 2. The summed E-state index contributed by atoms with van der Waals surface area (Å²) in [4.78, 5) is 11.1. The summed E-state index contributed by atoms with van der Waals surface area (Å²) in [5, 5.41) is 5.95. The molecule has 1 amide bonds. The second kappa shape index (κ2) is 12.4. The first kappa shape index (κ1) is 15.3. The van der Waals surface area contributed by atoms with Crippen LogP contribution in [0.25, 0.3) is 0 Å². The molecule has 0 rings (SSSR count). The van der Waals surface area contributed by atoms with Crippen LogP contribution >= 0.6 is 0 Å². The summed E-state index contributed by atoms with van der Waals surface area (Å²) >= 11 is 0. The fourth-order valence-corrected chi connectivity index (χ4v) is 1.16. The molecular weight excluding hydrogens is 208 g/mol. The molecule has 0 aliphatic carbocycles. The molecule has 0 aliphatic heterocycles. The molecule has 0 heterocycles. The van der Waals surface area contributed by atoms with Crippen molar-refractivity contribution < 1.29 is 14.3 Å². The maximum atomic E-state index is 11.1. The van der Waals surface area contributed by atoms with Crippen LogP contribution in [0.1, 0.15) is 19.8 Å². The second-order valence-electron chi connectivity index (χ2n) is 3.41. The zero-order valence-electron chi connectivity index (χ0n) is 10.4. The SMILES string of the molecule is CCNC(=O)CCNCCCOCCOC. The molecule has 0 aliphatic rings. The van der Waals surface area contributed by atoms with Crippen LogP contribution < -0.4 is 10.6 Å². The number of carbonyl (C=O) groups excluding carboxylic acids is 1. The summed E-state index contributed by atoms with van der Waals surface area (Å²) in [6, 6.07) is 0. The predicted octanol–water partition coefficient (Wildman–Crippen LogP) is 0.155. The molecule has 2 N–H and O–H groups in total. The lowest BCUT2D eigenvalue weighted by molar-refractivity contribution is -0.120. The van der Waals surface area contributed by atoms with Gasteiger partial charge in [0.25, 0.3) is 0 Å². The standard InChI is InChI=1S/C11H24N2O3/c1-3-13-11(14)5-7-12-6-4-8-16-10-9-15-2/h12H,3-10H2,1-2H3,(H,13,14). The predicted molar refractivity (Wildman–Crippen MR) is 63.5 cm³/mol. The van der Waals surface area contributed by atoms with Crippen LogP contribution in [0.4, 0.5) is 0 Å². The van der Waals surface area contributed by atoms with Gasteiger partial charge in [-0.1, -0.05) is 0 Å². The third-order valence-corrected chi connectivity index (χ3v) is 1.98. The highest BCUT2D eigenvalue weighted by Crippen LogP contribution is 1.83. The Hall–Kier alpha value is -0.650. The number of hydrogen-bond acceptors (Lipinski definition) is 4. The molecule has 96 valence electrons. The molecule has 0 aromatic carbocycles. The van der Waals surface area contributed by atoms with Crippen molar-refractivity contribution in [1.82, 2.24) is 10.6 Å². The Balaban J connectivity index is 3.01. The highest BCUT2D eigenvalue weighted by atomic mass is 16.5. The van der Waals surface area contributed by atoms with Crippen molar-refractivity contribution in [2.24, 2.45) is 0 Å². The van der Waals surface area contributed by atoms with E-state index in [4.69, 9.17) is 9.47 Å². The molecule has 0 fully saturated rings. The number of carbonyl (C=O) groups is 1. The van der Waals surface area contributed by atoms with E-state index in [0.29, 0.717) is 26.2 Å². The Kier molecular flexibility index (Phi) is 11.9. The maximum absolute atomic E-state index is 11.1. The Morgan fingerprint density at radius 2 is 2.00 bits per heavy atom. The molecule has 16 heavy (non-hydrogen) atoms. The molecule has 5 heteroatoms. The minimum atomic E-state index is 0.103. The molecule has 0 atom stereocenters. The molecule has 0 aromatic heterocycles. The molecule has 0 aromatic rings. The molecule has 0 saturated heterocycles.